The molecule has 1 fully saturated rings. The predicted octanol–water partition coefficient (Wildman–Crippen LogP) is 3.56. The van der Waals surface area contributed by atoms with Crippen molar-refractivity contribution >= 4 is 26.8 Å². The molecule has 3 nitrogen and oxygen atoms in total. The monoisotopic (exact) mass is 347 g/mol. The van der Waals surface area contributed by atoms with Crippen LogP contribution in [0.15, 0.2) is 34.9 Å². The van der Waals surface area contributed by atoms with Crippen LogP contribution in [0, 0.1) is 5.92 Å². The van der Waals surface area contributed by atoms with Crippen molar-refractivity contribution in [3.8, 4) is 0 Å². The lowest BCUT2D eigenvalue weighted by atomic mass is 9.92. The normalized spacial score (nSPS) is 21.6. The Kier molecular flexibility index (Phi) is 4.57. The molecule has 2 aromatic rings. The number of pyridine rings is 1. The van der Waals surface area contributed by atoms with Crippen molar-refractivity contribution in [2.45, 2.75) is 32.4 Å². The maximum absolute atomic E-state index is 6.09. The third-order valence-electron chi connectivity index (χ3n) is 4.48. The molecule has 2 atom stereocenters. The highest BCUT2D eigenvalue weighted by Crippen LogP contribution is 2.27. The third kappa shape index (κ3) is 3.28. The highest BCUT2D eigenvalue weighted by Gasteiger charge is 2.23. The molecule has 112 valence electrons. The first-order chi connectivity index (χ1) is 10.1. The van der Waals surface area contributed by atoms with E-state index in [1.54, 1.807) is 0 Å². The van der Waals surface area contributed by atoms with Crippen molar-refractivity contribution in [3.05, 3.63) is 40.5 Å². The van der Waals surface area contributed by atoms with E-state index in [0.29, 0.717) is 5.92 Å². The molecule has 3 rings (SSSR count). The molecule has 0 spiro atoms. The number of nitrogens with two attached hydrogens (primary N) is 1. The Labute approximate surface area is 134 Å². The molecule has 1 aromatic heterocycles. The van der Waals surface area contributed by atoms with Gasteiger partial charge in [-0.1, -0.05) is 28.1 Å². The Balaban J connectivity index is 1.83. The molecule has 1 saturated heterocycles. The summed E-state index contributed by atoms with van der Waals surface area (Å²) >= 11 is 3.61. The van der Waals surface area contributed by atoms with Crippen molar-refractivity contribution in [2.24, 2.45) is 11.7 Å². The smallest absolute Gasteiger partial charge is 0.0758 e. The van der Waals surface area contributed by atoms with Crippen LogP contribution in [0.25, 0.3) is 10.9 Å². The fourth-order valence-electron chi connectivity index (χ4n) is 3.23. The molecule has 0 saturated carbocycles. The van der Waals surface area contributed by atoms with E-state index >= 15 is 0 Å². The van der Waals surface area contributed by atoms with Gasteiger partial charge >= 0.3 is 0 Å². The van der Waals surface area contributed by atoms with E-state index in [1.165, 1.54) is 23.8 Å². The minimum Gasteiger partial charge on any atom is -0.328 e. The van der Waals surface area contributed by atoms with Gasteiger partial charge < -0.3 is 5.73 Å². The van der Waals surface area contributed by atoms with Gasteiger partial charge in [0.2, 0.25) is 0 Å². The molecule has 0 amide bonds. The van der Waals surface area contributed by atoms with Crippen molar-refractivity contribution in [2.75, 3.05) is 13.1 Å². The summed E-state index contributed by atoms with van der Waals surface area (Å²) in [6.45, 7) is 5.35. The molecule has 1 aliphatic heterocycles. The summed E-state index contributed by atoms with van der Waals surface area (Å²) in [5.41, 5.74) is 8.50. The van der Waals surface area contributed by atoms with E-state index < -0.39 is 0 Å². The van der Waals surface area contributed by atoms with Gasteiger partial charge in [0.05, 0.1) is 5.52 Å². The van der Waals surface area contributed by atoms with Crippen molar-refractivity contribution in [3.63, 3.8) is 0 Å². The minimum absolute atomic E-state index is 0.285. The fraction of sp³-hybridized carbons (Fsp3) is 0.471. The second kappa shape index (κ2) is 6.42. The molecule has 2 N–H and O–H groups in total. The van der Waals surface area contributed by atoms with Crippen molar-refractivity contribution in [1.82, 2.24) is 9.88 Å². The predicted molar refractivity (Wildman–Crippen MR) is 91.1 cm³/mol. The highest BCUT2D eigenvalue weighted by molar-refractivity contribution is 9.10. The van der Waals surface area contributed by atoms with Crippen LogP contribution in [-0.4, -0.2) is 29.0 Å². The van der Waals surface area contributed by atoms with E-state index in [9.17, 15) is 0 Å². The van der Waals surface area contributed by atoms with Gasteiger partial charge in [0.1, 0.15) is 0 Å². The Morgan fingerprint density at radius 3 is 3.10 bits per heavy atom. The molecular formula is C17H22BrN3. The number of nitrogens with zero attached hydrogens (tertiary/aromatic N) is 2. The zero-order valence-electron chi connectivity index (χ0n) is 12.4. The Hall–Kier alpha value is -0.970. The molecule has 4 heteroatoms. The number of benzene rings is 1. The van der Waals surface area contributed by atoms with Crippen LogP contribution < -0.4 is 5.73 Å². The van der Waals surface area contributed by atoms with Gasteiger partial charge in [0.25, 0.3) is 0 Å². The van der Waals surface area contributed by atoms with Gasteiger partial charge in [-0.3, -0.25) is 9.88 Å². The van der Waals surface area contributed by atoms with Gasteiger partial charge in [0, 0.05) is 35.2 Å². The van der Waals surface area contributed by atoms with Crippen LogP contribution >= 0.6 is 15.9 Å². The maximum Gasteiger partial charge on any atom is 0.0758 e. The summed E-state index contributed by atoms with van der Waals surface area (Å²) in [6, 6.07) is 8.72. The number of rotatable bonds is 3. The minimum atomic E-state index is 0.285. The van der Waals surface area contributed by atoms with Gasteiger partial charge in [-0.25, -0.2) is 0 Å². The largest absolute Gasteiger partial charge is 0.328 e. The zero-order valence-corrected chi connectivity index (χ0v) is 14.0. The summed E-state index contributed by atoms with van der Waals surface area (Å²) in [4.78, 5) is 7.10. The van der Waals surface area contributed by atoms with E-state index in [2.05, 4.69) is 50.9 Å². The number of fused-ring (bicyclic) bond motifs is 1. The SMILES string of the molecule is CC(N)C1CCCN(Cc2ccc(Br)c3cccnc23)C1. The van der Waals surface area contributed by atoms with Crippen LogP contribution in [0.2, 0.25) is 0 Å². The summed E-state index contributed by atoms with van der Waals surface area (Å²) in [5.74, 6) is 0.619. The molecule has 2 heterocycles. The van der Waals surface area contributed by atoms with Crippen LogP contribution in [0.5, 0.6) is 0 Å². The van der Waals surface area contributed by atoms with E-state index in [0.717, 1.165) is 29.6 Å². The lowest BCUT2D eigenvalue weighted by molar-refractivity contribution is 0.155. The zero-order chi connectivity index (χ0) is 14.8. The highest BCUT2D eigenvalue weighted by atomic mass is 79.9. The first-order valence-corrected chi connectivity index (χ1v) is 8.44. The quantitative estimate of drug-likeness (QED) is 0.922. The fourth-order valence-corrected chi connectivity index (χ4v) is 3.68. The van der Waals surface area contributed by atoms with Gasteiger partial charge in [0.15, 0.2) is 0 Å². The summed E-state index contributed by atoms with van der Waals surface area (Å²) in [5, 5.41) is 1.19. The van der Waals surface area contributed by atoms with Gasteiger partial charge in [-0.2, -0.15) is 0 Å². The molecule has 0 aliphatic carbocycles. The van der Waals surface area contributed by atoms with Crippen LogP contribution in [0.4, 0.5) is 0 Å². The number of hydrogen-bond acceptors (Lipinski definition) is 3. The second-order valence-corrected chi connectivity index (χ2v) is 6.96. The van der Waals surface area contributed by atoms with E-state index in [1.807, 2.05) is 12.3 Å². The first-order valence-electron chi connectivity index (χ1n) is 7.65. The Morgan fingerprint density at radius 1 is 1.43 bits per heavy atom. The Bertz CT molecular complexity index is 626. The van der Waals surface area contributed by atoms with E-state index in [4.69, 9.17) is 5.73 Å². The van der Waals surface area contributed by atoms with Crippen LogP contribution in [0.3, 0.4) is 0 Å². The summed E-state index contributed by atoms with van der Waals surface area (Å²) in [6.07, 6.45) is 4.38. The molecule has 1 aliphatic rings. The third-order valence-corrected chi connectivity index (χ3v) is 5.17. The summed E-state index contributed by atoms with van der Waals surface area (Å²) < 4.78 is 1.11. The average molecular weight is 348 g/mol. The van der Waals surface area contributed by atoms with Crippen molar-refractivity contribution < 1.29 is 0 Å². The molecule has 21 heavy (non-hydrogen) atoms. The maximum atomic E-state index is 6.09. The van der Waals surface area contributed by atoms with Gasteiger partial charge in [-0.05, 0) is 49.9 Å². The van der Waals surface area contributed by atoms with Gasteiger partial charge in [-0.15, -0.1) is 0 Å². The lowest BCUT2D eigenvalue weighted by Gasteiger charge is -2.34. The lowest BCUT2D eigenvalue weighted by Crippen LogP contribution is -2.41. The number of aromatic nitrogens is 1. The van der Waals surface area contributed by atoms with Crippen LogP contribution in [0.1, 0.15) is 25.3 Å². The molecule has 0 radical (unpaired) electrons. The van der Waals surface area contributed by atoms with Crippen molar-refractivity contribution in [1.29, 1.82) is 0 Å². The van der Waals surface area contributed by atoms with Crippen LogP contribution in [-0.2, 0) is 6.54 Å². The Morgan fingerprint density at radius 2 is 2.29 bits per heavy atom. The molecular weight excluding hydrogens is 326 g/mol. The first kappa shape index (κ1) is 14.9. The topological polar surface area (TPSA) is 42.1 Å². The van der Waals surface area contributed by atoms with E-state index in [-0.39, 0.29) is 6.04 Å². The number of likely N-dealkylation sites (tertiary alicyclic amines) is 1. The molecule has 0 bridgehead atoms. The average Bonchev–Trinajstić information content (AvgIpc) is 2.51. The number of halogens is 1. The summed E-state index contributed by atoms with van der Waals surface area (Å²) in [7, 11) is 0. The molecule has 1 aromatic carbocycles. The standard InChI is InChI=1S/C17H22BrN3/c1-12(19)13-4-3-9-21(10-13)11-14-6-7-16(18)15-5-2-8-20-17(14)15/h2,5-8,12-13H,3-4,9-11,19H2,1H3. The number of hydrogen-bond donors (Lipinski definition) is 1. The second-order valence-electron chi connectivity index (χ2n) is 6.10. The molecule has 2 unspecified atom stereocenters. The number of piperidine rings is 1.